The molecular formula is C20H13BrN4O6. The first-order valence-electron chi connectivity index (χ1n) is 8.63. The van der Waals surface area contributed by atoms with Crippen molar-refractivity contribution in [2.45, 2.75) is 0 Å². The van der Waals surface area contributed by atoms with E-state index in [1.165, 1.54) is 12.3 Å². The van der Waals surface area contributed by atoms with E-state index < -0.39 is 21.2 Å². The van der Waals surface area contributed by atoms with E-state index in [0.29, 0.717) is 11.1 Å². The van der Waals surface area contributed by atoms with Crippen LogP contribution in [0.1, 0.15) is 15.9 Å². The lowest BCUT2D eigenvalue weighted by Crippen LogP contribution is -2.17. The monoisotopic (exact) mass is 484 g/mol. The molecular weight excluding hydrogens is 472 g/mol. The molecule has 0 radical (unpaired) electrons. The third-order valence-electron chi connectivity index (χ3n) is 3.92. The Morgan fingerprint density at radius 1 is 1.00 bits per heavy atom. The Labute approximate surface area is 183 Å². The minimum absolute atomic E-state index is 0.127. The number of non-ortho nitro benzene ring substituents is 1. The van der Waals surface area contributed by atoms with Gasteiger partial charge in [-0.1, -0.05) is 22.0 Å². The van der Waals surface area contributed by atoms with Gasteiger partial charge in [0, 0.05) is 16.1 Å². The van der Waals surface area contributed by atoms with E-state index in [-0.39, 0.29) is 17.4 Å². The quantitative estimate of drug-likeness (QED) is 0.289. The van der Waals surface area contributed by atoms with Crippen LogP contribution in [0.3, 0.4) is 0 Å². The van der Waals surface area contributed by atoms with Crippen LogP contribution in [0.4, 0.5) is 11.4 Å². The van der Waals surface area contributed by atoms with Crippen molar-refractivity contribution in [1.82, 2.24) is 5.43 Å². The van der Waals surface area contributed by atoms with Gasteiger partial charge in [-0.3, -0.25) is 25.0 Å². The van der Waals surface area contributed by atoms with Gasteiger partial charge in [0.1, 0.15) is 5.75 Å². The Bertz CT molecular complexity index is 1180. The standard InChI is InChI=1S/C20H13BrN4O6/c21-15-3-1-2-14(10-15)20(26)23-22-12-13-4-7-17(8-5-13)31-19-9-6-16(24(27)28)11-18(19)25(29)30/h1-12H,(H,23,26)/b22-12+. The average molecular weight is 485 g/mol. The maximum atomic E-state index is 12.0. The minimum atomic E-state index is -0.753. The van der Waals surface area contributed by atoms with Crippen LogP contribution in [-0.4, -0.2) is 22.0 Å². The van der Waals surface area contributed by atoms with Gasteiger partial charge in [-0.05, 0) is 54.1 Å². The first-order chi connectivity index (χ1) is 14.8. The van der Waals surface area contributed by atoms with Crippen molar-refractivity contribution in [2.75, 3.05) is 0 Å². The Morgan fingerprint density at radius 2 is 1.74 bits per heavy atom. The highest BCUT2D eigenvalue weighted by atomic mass is 79.9. The Hall–Kier alpha value is -4.12. The molecule has 0 unspecified atom stereocenters. The van der Waals surface area contributed by atoms with Crippen molar-refractivity contribution >= 4 is 39.4 Å². The van der Waals surface area contributed by atoms with Crippen molar-refractivity contribution in [1.29, 1.82) is 0 Å². The second kappa shape index (κ2) is 9.59. The zero-order chi connectivity index (χ0) is 22.4. The molecule has 0 aromatic heterocycles. The minimum Gasteiger partial charge on any atom is -0.450 e. The summed E-state index contributed by atoms with van der Waals surface area (Å²) < 4.78 is 6.26. The zero-order valence-electron chi connectivity index (χ0n) is 15.6. The number of benzene rings is 3. The maximum Gasteiger partial charge on any atom is 0.318 e. The van der Waals surface area contributed by atoms with Crippen molar-refractivity contribution in [3.05, 3.63) is 103 Å². The van der Waals surface area contributed by atoms with E-state index in [1.807, 2.05) is 0 Å². The number of nitro benzene ring substituents is 2. The molecule has 0 spiro atoms. The van der Waals surface area contributed by atoms with Gasteiger partial charge in [0.25, 0.3) is 11.6 Å². The predicted octanol–water partition coefficient (Wildman–Crippen LogP) is 4.82. The number of nitrogens with one attached hydrogen (secondary N) is 1. The predicted molar refractivity (Wildman–Crippen MR) is 115 cm³/mol. The largest absolute Gasteiger partial charge is 0.450 e. The van der Waals surface area contributed by atoms with Gasteiger partial charge in [0.2, 0.25) is 5.75 Å². The van der Waals surface area contributed by atoms with E-state index in [2.05, 4.69) is 26.5 Å². The second-order valence-electron chi connectivity index (χ2n) is 6.05. The molecule has 0 bridgehead atoms. The Morgan fingerprint density at radius 3 is 2.39 bits per heavy atom. The third kappa shape index (κ3) is 5.70. The molecule has 0 saturated carbocycles. The van der Waals surface area contributed by atoms with Crippen molar-refractivity contribution in [3.63, 3.8) is 0 Å². The molecule has 0 saturated heterocycles. The number of amides is 1. The number of nitro groups is 2. The molecule has 0 heterocycles. The number of hydrazone groups is 1. The smallest absolute Gasteiger partial charge is 0.318 e. The van der Waals surface area contributed by atoms with Crippen molar-refractivity contribution in [3.8, 4) is 11.5 Å². The number of carbonyl (C=O) groups excluding carboxylic acids is 1. The number of rotatable bonds is 7. The van der Waals surface area contributed by atoms with E-state index in [0.717, 1.165) is 16.6 Å². The molecule has 11 heteroatoms. The van der Waals surface area contributed by atoms with Gasteiger partial charge in [0.05, 0.1) is 22.1 Å². The highest BCUT2D eigenvalue weighted by molar-refractivity contribution is 9.10. The van der Waals surface area contributed by atoms with Crippen LogP contribution < -0.4 is 10.2 Å². The van der Waals surface area contributed by atoms with E-state index in [9.17, 15) is 25.0 Å². The lowest BCUT2D eigenvalue weighted by molar-refractivity contribution is -0.394. The summed E-state index contributed by atoms with van der Waals surface area (Å²) in [7, 11) is 0. The van der Waals surface area contributed by atoms with Crippen LogP contribution in [0.2, 0.25) is 0 Å². The number of halogens is 1. The van der Waals surface area contributed by atoms with Gasteiger partial charge >= 0.3 is 5.69 Å². The molecule has 3 rings (SSSR count). The summed E-state index contributed by atoms with van der Waals surface area (Å²) in [5.74, 6) is -0.214. The fourth-order valence-electron chi connectivity index (χ4n) is 2.46. The summed E-state index contributed by atoms with van der Waals surface area (Å²) >= 11 is 3.29. The van der Waals surface area contributed by atoms with Crippen LogP contribution in [-0.2, 0) is 0 Å². The molecule has 31 heavy (non-hydrogen) atoms. The molecule has 0 aliphatic carbocycles. The lowest BCUT2D eigenvalue weighted by atomic mass is 10.2. The van der Waals surface area contributed by atoms with Crippen LogP contribution in [0, 0.1) is 20.2 Å². The summed E-state index contributed by atoms with van der Waals surface area (Å²) in [4.78, 5) is 32.6. The maximum absolute atomic E-state index is 12.0. The number of hydrogen-bond donors (Lipinski definition) is 1. The first-order valence-corrected chi connectivity index (χ1v) is 9.42. The normalized spacial score (nSPS) is 10.6. The van der Waals surface area contributed by atoms with E-state index >= 15 is 0 Å². The van der Waals surface area contributed by atoms with Crippen molar-refractivity contribution < 1.29 is 19.4 Å². The Kier molecular flexibility index (Phi) is 6.67. The lowest BCUT2D eigenvalue weighted by Gasteiger charge is -2.06. The molecule has 0 aliphatic heterocycles. The molecule has 0 atom stereocenters. The highest BCUT2D eigenvalue weighted by Crippen LogP contribution is 2.34. The zero-order valence-corrected chi connectivity index (χ0v) is 17.2. The van der Waals surface area contributed by atoms with Crippen LogP contribution in [0.5, 0.6) is 11.5 Å². The molecule has 156 valence electrons. The molecule has 0 aliphatic rings. The first kappa shape index (κ1) is 21.6. The second-order valence-corrected chi connectivity index (χ2v) is 6.96. The summed E-state index contributed by atoms with van der Waals surface area (Å²) in [6.45, 7) is 0. The summed E-state index contributed by atoms with van der Waals surface area (Å²) in [5, 5.41) is 25.9. The van der Waals surface area contributed by atoms with Crippen LogP contribution >= 0.6 is 15.9 Å². The molecule has 10 nitrogen and oxygen atoms in total. The molecule has 1 N–H and O–H groups in total. The summed E-state index contributed by atoms with van der Waals surface area (Å²) in [6, 6.07) is 16.3. The summed E-state index contributed by atoms with van der Waals surface area (Å²) in [6.07, 6.45) is 1.42. The van der Waals surface area contributed by atoms with Gasteiger partial charge in [-0.25, -0.2) is 5.43 Å². The third-order valence-corrected chi connectivity index (χ3v) is 4.42. The van der Waals surface area contributed by atoms with Crippen LogP contribution in [0.15, 0.2) is 76.3 Å². The summed E-state index contributed by atoms with van der Waals surface area (Å²) in [5.41, 5.74) is 2.57. The van der Waals surface area contributed by atoms with Crippen LogP contribution in [0.25, 0.3) is 0 Å². The topological polar surface area (TPSA) is 137 Å². The number of ether oxygens (including phenoxy) is 1. The fourth-order valence-corrected chi connectivity index (χ4v) is 2.86. The van der Waals surface area contributed by atoms with Gasteiger partial charge < -0.3 is 4.74 Å². The fraction of sp³-hybridized carbons (Fsp3) is 0. The van der Waals surface area contributed by atoms with E-state index in [1.54, 1.807) is 48.5 Å². The highest BCUT2D eigenvalue weighted by Gasteiger charge is 2.21. The molecule has 3 aromatic rings. The average Bonchev–Trinajstić information content (AvgIpc) is 2.75. The Balaban J connectivity index is 1.67. The van der Waals surface area contributed by atoms with Gasteiger partial charge in [-0.2, -0.15) is 5.10 Å². The molecule has 0 fully saturated rings. The SMILES string of the molecule is O=C(N/N=C/c1ccc(Oc2ccc([N+](=O)[O-])cc2[N+](=O)[O-])cc1)c1cccc(Br)c1. The van der Waals surface area contributed by atoms with Crippen molar-refractivity contribution in [2.24, 2.45) is 5.10 Å². The van der Waals surface area contributed by atoms with Gasteiger partial charge in [-0.15, -0.1) is 0 Å². The van der Waals surface area contributed by atoms with E-state index in [4.69, 9.17) is 4.74 Å². The number of carbonyl (C=O) groups is 1. The van der Waals surface area contributed by atoms with Gasteiger partial charge in [0.15, 0.2) is 0 Å². The number of hydrogen-bond acceptors (Lipinski definition) is 7. The molecule has 3 aromatic carbocycles. The number of nitrogens with zero attached hydrogens (tertiary/aromatic N) is 3. The molecule has 1 amide bonds.